The van der Waals surface area contributed by atoms with Gasteiger partial charge in [0.1, 0.15) is 5.82 Å². The van der Waals surface area contributed by atoms with E-state index in [9.17, 15) is 4.39 Å². The van der Waals surface area contributed by atoms with Crippen molar-refractivity contribution in [1.82, 2.24) is 10.3 Å². The van der Waals surface area contributed by atoms with E-state index in [2.05, 4.69) is 10.4 Å². The van der Waals surface area contributed by atoms with Crippen LogP contribution in [0.2, 0.25) is 0 Å². The summed E-state index contributed by atoms with van der Waals surface area (Å²) in [6, 6.07) is 6.94. The first-order valence-electron chi connectivity index (χ1n) is 6.69. The van der Waals surface area contributed by atoms with Crippen molar-refractivity contribution in [3.8, 4) is 0 Å². The monoisotopic (exact) mass is 264 g/mol. The normalized spacial score (nSPS) is 16.7. The van der Waals surface area contributed by atoms with Crippen molar-refractivity contribution < 1.29 is 4.39 Å². The van der Waals surface area contributed by atoms with Crippen LogP contribution in [0, 0.1) is 5.82 Å². The van der Waals surface area contributed by atoms with E-state index >= 15 is 0 Å². The predicted octanol–water partition coefficient (Wildman–Crippen LogP) is 2.02. The van der Waals surface area contributed by atoms with Crippen molar-refractivity contribution in [3.05, 3.63) is 35.6 Å². The minimum atomic E-state index is -0.221. The molecule has 3 N–H and O–H groups in total. The maximum absolute atomic E-state index is 13.1. The van der Waals surface area contributed by atoms with Crippen LogP contribution in [0.15, 0.2) is 29.3 Å². The molecule has 0 radical (unpaired) electrons. The molecule has 1 aliphatic carbocycles. The standard InChI is InChI=1S/C14H21FN4/c1-19(10-11-5-4-6-12(15)9-11)14(18-16)17-13-7-2-3-8-13/h4-6,9,13H,2-3,7-8,10,16H2,1H3,(H,17,18). The highest BCUT2D eigenvalue weighted by atomic mass is 19.1. The topological polar surface area (TPSA) is 53.6 Å². The molecule has 0 aromatic heterocycles. The highest BCUT2D eigenvalue weighted by molar-refractivity contribution is 5.79. The number of hydrogen-bond acceptors (Lipinski definition) is 2. The molecule has 4 nitrogen and oxygen atoms in total. The minimum absolute atomic E-state index is 0.221. The van der Waals surface area contributed by atoms with Gasteiger partial charge >= 0.3 is 0 Å². The number of hydrazine groups is 1. The molecule has 1 aromatic carbocycles. The third-order valence-corrected chi connectivity index (χ3v) is 3.43. The largest absolute Gasteiger partial charge is 0.341 e. The molecule has 0 amide bonds. The van der Waals surface area contributed by atoms with E-state index in [1.54, 1.807) is 6.07 Å². The lowest BCUT2D eigenvalue weighted by Gasteiger charge is -2.22. The number of benzene rings is 1. The molecule has 0 atom stereocenters. The fourth-order valence-corrected chi connectivity index (χ4v) is 2.44. The fraction of sp³-hybridized carbons (Fsp3) is 0.500. The molecule has 1 aliphatic rings. The second-order valence-corrected chi connectivity index (χ2v) is 5.02. The van der Waals surface area contributed by atoms with E-state index in [1.807, 2.05) is 18.0 Å². The average Bonchev–Trinajstić information content (AvgIpc) is 2.88. The zero-order chi connectivity index (χ0) is 13.7. The summed E-state index contributed by atoms with van der Waals surface area (Å²) in [5, 5.41) is 0. The Morgan fingerprint density at radius 2 is 2.21 bits per heavy atom. The molecule has 0 spiro atoms. The van der Waals surface area contributed by atoms with Gasteiger partial charge in [-0.2, -0.15) is 0 Å². The van der Waals surface area contributed by atoms with E-state index in [4.69, 9.17) is 5.84 Å². The van der Waals surface area contributed by atoms with Crippen LogP contribution in [0.1, 0.15) is 31.2 Å². The lowest BCUT2D eigenvalue weighted by atomic mass is 10.2. The summed E-state index contributed by atoms with van der Waals surface area (Å²) < 4.78 is 13.1. The molecule has 1 aromatic rings. The highest BCUT2D eigenvalue weighted by Gasteiger charge is 2.16. The van der Waals surface area contributed by atoms with E-state index in [0.29, 0.717) is 18.5 Å². The summed E-state index contributed by atoms with van der Waals surface area (Å²) in [5.74, 6) is 5.98. The van der Waals surface area contributed by atoms with Crippen LogP contribution in [0.3, 0.4) is 0 Å². The number of rotatable bonds is 3. The number of nitrogens with one attached hydrogen (secondary N) is 1. The predicted molar refractivity (Wildman–Crippen MR) is 74.9 cm³/mol. The minimum Gasteiger partial charge on any atom is -0.341 e. The Bertz CT molecular complexity index is 441. The lowest BCUT2D eigenvalue weighted by molar-refractivity contribution is 0.469. The zero-order valence-electron chi connectivity index (χ0n) is 11.3. The molecule has 0 aliphatic heterocycles. The summed E-state index contributed by atoms with van der Waals surface area (Å²) in [6.45, 7) is 0.577. The molecule has 5 heteroatoms. The Kier molecular flexibility index (Phi) is 4.74. The van der Waals surface area contributed by atoms with Gasteiger partial charge in [-0.25, -0.2) is 15.2 Å². The van der Waals surface area contributed by atoms with E-state index in [-0.39, 0.29) is 5.82 Å². The van der Waals surface area contributed by atoms with Gasteiger partial charge in [-0.3, -0.25) is 5.43 Å². The number of nitrogens with zero attached hydrogens (tertiary/aromatic N) is 2. The smallest absolute Gasteiger partial charge is 0.208 e. The van der Waals surface area contributed by atoms with Crippen molar-refractivity contribution in [3.63, 3.8) is 0 Å². The van der Waals surface area contributed by atoms with Crippen LogP contribution in [0.4, 0.5) is 4.39 Å². The second kappa shape index (κ2) is 6.52. The Morgan fingerprint density at radius 3 is 2.84 bits per heavy atom. The number of guanidine groups is 1. The van der Waals surface area contributed by atoms with Crippen molar-refractivity contribution in [1.29, 1.82) is 0 Å². The summed E-state index contributed by atoms with van der Waals surface area (Å²) in [4.78, 5) is 6.54. The summed E-state index contributed by atoms with van der Waals surface area (Å²) in [7, 11) is 1.90. The van der Waals surface area contributed by atoms with Gasteiger partial charge in [0.25, 0.3) is 0 Å². The SMILES string of the molecule is CN(Cc1cccc(F)c1)C(=NC1CCCC1)NN. The molecule has 1 saturated carbocycles. The second-order valence-electron chi connectivity index (χ2n) is 5.02. The summed E-state index contributed by atoms with van der Waals surface area (Å²) in [5.41, 5.74) is 3.55. The average molecular weight is 264 g/mol. The third kappa shape index (κ3) is 3.92. The van der Waals surface area contributed by atoms with Gasteiger partial charge in [0.2, 0.25) is 5.96 Å². The molecule has 1 fully saturated rings. The van der Waals surface area contributed by atoms with Crippen LogP contribution in [-0.2, 0) is 6.54 Å². The first-order valence-corrected chi connectivity index (χ1v) is 6.69. The fourth-order valence-electron chi connectivity index (χ4n) is 2.44. The van der Waals surface area contributed by atoms with E-state index in [1.165, 1.54) is 25.0 Å². The molecule has 2 rings (SSSR count). The third-order valence-electron chi connectivity index (χ3n) is 3.43. The Balaban J connectivity index is 2.01. The van der Waals surface area contributed by atoms with Gasteiger partial charge in [0.15, 0.2) is 0 Å². The van der Waals surface area contributed by atoms with E-state index < -0.39 is 0 Å². The van der Waals surface area contributed by atoms with Crippen LogP contribution < -0.4 is 11.3 Å². The molecule has 104 valence electrons. The Labute approximate surface area is 113 Å². The van der Waals surface area contributed by atoms with Crippen molar-refractivity contribution in [2.75, 3.05) is 7.05 Å². The Hall–Kier alpha value is -1.62. The van der Waals surface area contributed by atoms with Gasteiger partial charge in [-0.15, -0.1) is 0 Å². The summed E-state index contributed by atoms with van der Waals surface area (Å²) in [6.07, 6.45) is 4.72. The van der Waals surface area contributed by atoms with Crippen LogP contribution in [-0.4, -0.2) is 23.9 Å². The zero-order valence-corrected chi connectivity index (χ0v) is 11.3. The Morgan fingerprint density at radius 1 is 1.47 bits per heavy atom. The molecule has 0 saturated heterocycles. The molecule has 0 unspecified atom stereocenters. The maximum atomic E-state index is 13.1. The van der Waals surface area contributed by atoms with Crippen molar-refractivity contribution in [2.24, 2.45) is 10.8 Å². The van der Waals surface area contributed by atoms with Gasteiger partial charge < -0.3 is 4.90 Å². The van der Waals surface area contributed by atoms with Crippen LogP contribution in [0.25, 0.3) is 0 Å². The number of aliphatic imine (C=N–C) groups is 1. The molecular formula is C14H21FN4. The van der Waals surface area contributed by atoms with Gasteiger partial charge in [0.05, 0.1) is 6.04 Å². The molecule has 0 heterocycles. The number of halogens is 1. The number of nitrogens with two attached hydrogens (primary N) is 1. The van der Waals surface area contributed by atoms with Crippen LogP contribution in [0.5, 0.6) is 0 Å². The lowest BCUT2D eigenvalue weighted by Crippen LogP contribution is -2.43. The molecular weight excluding hydrogens is 243 g/mol. The quantitative estimate of drug-likeness (QED) is 0.380. The van der Waals surface area contributed by atoms with Gasteiger partial charge in [-0.1, -0.05) is 25.0 Å². The maximum Gasteiger partial charge on any atom is 0.208 e. The first kappa shape index (κ1) is 13.8. The van der Waals surface area contributed by atoms with Crippen LogP contribution >= 0.6 is 0 Å². The van der Waals surface area contributed by atoms with Gasteiger partial charge in [0, 0.05) is 13.6 Å². The highest BCUT2D eigenvalue weighted by Crippen LogP contribution is 2.21. The first-order chi connectivity index (χ1) is 9.19. The summed E-state index contributed by atoms with van der Waals surface area (Å²) >= 11 is 0. The van der Waals surface area contributed by atoms with E-state index in [0.717, 1.165) is 18.4 Å². The van der Waals surface area contributed by atoms with Crippen molar-refractivity contribution >= 4 is 5.96 Å². The van der Waals surface area contributed by atoms with Gasteiger partial charge in [-0.05, 0) is 30.5 Å². The number of hydrogen-bond donors (Lipinski definition) is 2. The molecule has 0 bridgehead atoms. The van der Waals surface area contributed by atoms with Crippen molar-refractivity contribution in [2.45, 2.75) is 38.3 Å². The molecule has 19 heavy (non-hydrogen) atoms.